The summed E-state index contributed by atoms with van der Waals surface area (Å²) in [7, 11) is 0. The summed E-state index contributed by atoms with van der Waals surface area (Å²) in [6, 6.07) is 8.15. The number of allylic oxidation sites excluding steroid dienone is 1. The highest BCUT2D eigenvalue weighted by Gasteiger charge is 2.27. The van der Waals surface area contributed by atoms with Gasteiger partial charge in [-0.25, -0.2) is 9.07 Å². The van der Waals surface area contributed by atoms with Crippen LogP contribution in [0.3, 0.4) is 0 Å². The lowest BCUT2D eigenvalue weighted by atomic mass is 10.0. The number of hydrogen-bond donors (Lipinski definition) is 1. The molecule has 1 aliphatic heterocycles. The zero-order valence-electron chi connectivity index (χ0n) is 11.5. The van der Waals surface area contributed by atoms with Gasteiger partial charge in [-0.3, -0.25) is 0 Å². The zero-order valence-corrected chi connectivity index (χ0v) is 14.7. The molecule has 0 saturated heterocycles. The van der Waals surface area contributed by atoms with E-state index < -0.39 is 6.04 Å². The maximum absolute atomic E-state index is 14.4. The Morgan fingerprint density at radius 1 is 1.30 bits per heavy atom. The van der Waals surface area contributed by atoms with Crippen molar-refractivity contribution in [1.82, 2.24) is 14.8 Å². The topological polar surface area (TPSA) is 42.7 Å². The van der Waals surface area contributed by atoms with Gasteiger partial charge in [-0.05, 0) is 46.3 Å². The van der Waals surface area contributed by atoms with E-state index in [-0.39, 0.29) is 5.82 Å². The first-order chi connectivity index (χ1) is 11.1. The first kappa shape index (κ1) is 14.9. The van der Waals surface area contributed by atoms with Gasteiger partial charge in [0.05, 0.1) is 14.4 Å². The number of aromatic nitrogens is 3. The Morgan fingerprint density at radius 2 is 2.17 bits per heavy atom. The molecular weight excluding hydrogens is 403 g/mol. The van der Waals surface area contributed by atoms with Crippen molar-refractivity contribution < 1.29 is 4.39 Å². The van der Waals surface area contributed by atoms with Crippen molar-refractivity contribution >= 4 is 50.5 Å². The summed E-state index contributed by atoms with van der Waals surface area (Å²) in [4.78, 5) is 5.22. The molecule has 1 aromatic carbocycles. The Balaban J connectivity index is 1.89. The van der Waals surface area contributed by atoms with Crippen molar-refractivity contribution in [2.24, 2.45) is 0 Å². The highest BCUT2D eigenvalue weighted by Crippen LogP contribution is 2.38. The molecular formula is C15H9BrClFN4S. The normalized spacial score (nSPS) is 16.7. The summed E-state index contributed by atoms with van der Waals surface area (Å²) in [5, 5.41) is 7.78. The molecule has 0 amide bonds. The van der Waals surface area contributed by atoms with Gasteiger partial charge in [-0.2, -0.15) is 10.1 Å². The lowest BCUT2D eigenvalue weighted by Gasteiger charge is -2.24. The van der Waals surface area contributed by atoms with E-state index in [0.29, 0.717) is 16.5 Å². The second-order valence-electron chi connectivity index (χ2n) is 4.92. The lowest BCUT2D eigenvalue weighted by Crippen LogP contribution is -2.21. The molecule has 4 nitrogen and oxygen atoms in total. The van der Waals surface area contributed by atoms with Crippen LogP contribution >= 0.6 is 38.9 Å². The van der Waals surface area contributed by atoms with E-state index in [1.807, 2.05) is 18.2 Å². The molecule has 0 fully saturated rings. The molecule has 0 aliphatic carbocycles. The first-order valence-corrected chi connectivity index (χ1v) is 8.70. The molecule has 4 rings (SSSR count). The van der Waals surface area contributed by atoms with Crippen molar-refractivity contribution in [3.8, 4) is 0 Å². The third-order valence-electron chi connectivity index (χ3n) is 3.54. The maximum atomic E-state index is 14.4. The summed E-state index contributed by atoms with van der Waals surface area (Å²) in [6.07, 6.45) is 3.34. The predicted molar refractivity (Wildman–Crippen MR) is 93.2 cm³/mol. The fourth-order valence-electron chi connectivity index (χ4n) is 2.54. The SMILES string of the molecule is Fc1cccc(Cl)c1[C@H]1C=C(c2ccc(Br)s2)Nc2ncnn21. The first-order valence-electron chi connectivity index (χ1n) is 6.71. The lowest BCUT2D eigenvalue weighted by molar-refractivity contribution is 0.552. The van der Waals surface area contributed by atoms with Crippen molar-refractivity contribution in [2.45, 2.75) is 6.04 Å². The average Bonchev–Trinajstić information content (AvgIpc) is 3.15. The van der Waals surface area contributed by atoms with Gasteiger partial charge in [0.2, 0.25) is 5.95 Å². The van der Waals surface area contributed by atoms with E-state index in [9.17, 15) is 4.39 Å². The third kappa shape index (κ3) is 2.58. The minimum atomic E-state index is -0.460. The molecule has 0 spiro atoms. The minimum absolute atomic E-state index is 0.362. The van der Waals surface area contributed by atoms with Crippen LogP contribution in [0.15, 0.2) is 46.5 Å². The number of benzene rings is 1. The Kier molecular flexibility index (Phi) is 3.71. The number of rotatable bonds is 2. The van der Waals surface area contributed by atoms with Crippen molar-refractivity contribution in [2.75, 3.05) is 5.32 Å². The van der Waals surface area contributed by atoms with Crippen molar-refractivity contribution in [1.29, 1.82) is 0 Å². The quantitative estimate of drug-likeness (QED) is 0.649. The van der Waals surface area contributed by atoms with Crippen molar-refractivity contribution in [3.05, 3.63) is 67.8 Å². The molecule has 23 heavy (non-hydrogen) atoms. The highest BCUT2D eigenvalue weighted by atomic mass is 79.9. The highest BCUT2D eigenvalue weighted by molar-refractivity contribution is 9.11. The van der Waals surface area contributed by atoms with E-state index in [1.54, 1.807) is 28.2 Å². The standard InChI is InChI=1S/C15H9BrClFN4S/c16-13-5-4-12(23-13)10-6-11(22-15(21-10)19-7-20-22)14-8(17)2-1-3-9(14)18/h1-7,11H,(H,19,20,21)/t11-/m1/s1. The number of nitrogens with one attached hydrogen (secondary N) is 1. The van der Waals surface area contributed by atoms with Gasteiger partial charge >= 0.3 is 0 Å². The van der Waals surface area contributed by atoms with E-state index in [4.69, 9.17) is 11.6 Å². The molecule has 0 saturated carbocycles. The van der Waals surface area contributed by atoms with Crippen LogP contribution in [-0.4, -0.2) is 14.8 Å². The molecule has 0 unspecified atom stereocenters. The summed E-state index contributed by atoms with van der Waals surface area (Å²) in [6.45, 7) is 0. The van der Waals surface area contributed by atoms with Crippen LogP contribution in [0.5, 0.6) is 0 Å². The monoisotopic (exact) mass is 410 g/mol. The van der Waals surface area contributed by atoms with Crippen LogP contribution < -0.4 is 5.32 Å². The molecule has 3 heterocycles. The molecule has 0 radical (unpaired) electrons. The molecule has 1 atom stereocenters. The van der Waals surface area contributed by atoms with Crippen LogP contribution in [0.1, 0.15) is 16.5 Å². The fraction of sp³-hybridized carbons (Fsp3) is 0.0667. The van der Waals surface area contributed by atoms with Crippen LogP contribution in [0.25, 0.3) is 5.70 Å². The molecule has 1 N–H and O–H groups in total. The van der Waals surface area contributed by atoms with Gasteiger partial charge < -0.3 is 5.32 Å². The Labute approximate surface area is 148 Å². The summed E-state index contributed by atoms with van der Waals surface area (Å²) in [5.41, 5.74) is 1.24. The summed E-state index contributed by atoms with van der Waals surface area (Å²) >= 11 is 11.3. The van der Waals surface area contributed by atoms with E-state index in [1.165, 1.54) is 12.4 Å². The summed E-state index contributed by atoms with van der Waals surface area (Å²) < 4.78 is 17.0. The molecule has 8 heteroatoms. The molecule has 116 valence electrons. The molecule has 3 aromatic rings. The van der Waals surface area contributed by atoms with Gasteiger partial charge in [-0.15, -0.1) is 11.3 Å². The number of halogens is 3. The molecule has 1 aliphatic rings. The van der Waals surface area contributed by atoms with E-state index in [0.717, 1.165) is 14.4 Å². The number of hydrogen-bond acceptors (Lipinski definition) is 4. The number of nitrogens with zero attached hydrogens (tertiary/aromatic N) is 3. The third-order valence-corrected chi connectivity index (χ3v) is 5.53. The minimum Gasteiger partial charge on any atom is -0.323 e. The average molecular weight is 412 g/mol. The Hall–Kier alpha value is -1.70. The van der Waals surface area contributed by atoms with Crippen LogP contribution in [0.2, 0.25) is 5.02 Å². The van der Waals surface area contributed by atoms with Gasteiger partial charge in [-0.1, -0.05) is 17.7 Å². The largest absolute Gasteiger partial charge is 0.323 e. The van der Waals surface area contributed by atoms with E-state index in [2.05, 4.69) is 31.3 Å². The van der Waals surface area contributed by atoms with E-state index >= 15 is 0 Å². The zero-order chi connectivity index (χ0) is 16.0. The predicted octanol–water partition coefficient (Wildman–Crippen LogP) is 4.95. The van der Waals surface area contributed by atoms with Gasteiger partial charge in [0.25, 0.3) is 0 Å². The molecule has 2 aromatic heterocycles. The Morgan fingerprint density at radius 3 is 2.91 bits per heavy atom. The second-order valence-corrected chi connectivity index (χ2v) is 7.79. The fourth-order valence-corrected chi connectivity index (χ4v) is 4.18. The second kappa shape index (κ2) is 5.74. The number of anilines is 1. The van der Waals surface area contributed by atoms with Crippen LogP contribution in [-0.2, 0) is 0 Å². The molecule has 0 bridgehead atoms. The number of fused-ring (bicyclic) bond motifs is 1. The van der Waals surface area contributed by atoms with Gasteiger partial charge in [0.15, 0.2) is 0 Å². The maximum Gasteiger partial charge on any atom is 0.226 e. The Bertz CT molecular complexity index is 900. The van der Waals surface area contributed by atoms with Crippen LogP contribution in [0, 0.1) is 5.82 Å². The van der Waals surface area contributed by atoms with Gasteiger partial charge in [0, 0.05) is 10.6 Å². The number of thiophene rings is 1. The van der Waals surface area contributed by atoms with Gasteiger partial charge in [0.1, 0.15) is 18.2 Å². The van der Waals surface area contributed by atoms with Crippen LogP contribution in [0.4, 0.5) is 10.3 Å². The summed E-state index contributed by atoms with van der Waals surface area (Å²) in [5.74, 6) is 0.185. The van der Waals surface area contributed by atoms with Crippen molar-refractivity contribution in [3.63, 3.8) is 0 Å². The smallest absolute Gasteiger partial charge is 0.226 e.